The first-order chi connectivity index (χ1) is 19.0. The van der Waals surface area contributed by atoms with E-state index in [0.29, 0.717) is 18.4 Å². The van der Waals surface area contributed by atoms with Gasteiger partial charge < -0.3 is 19.4 Å². The SMILES string of the molecule is O=C(O)CC1CCc2c1[nH]c1ccc(-c3noc(-c4cc(OC(F)(F)F)cc(-c5cc(F)nc(F)c5)c4)n3)cc21. The molecule has 0 bridgehead atoms. The average molecular weight is 556 g/mol. The van der Waals surface area contributed by atoms with Gasteiger partial charge in [0.15, 0.2) is 0 Å². The summed E-state index contributed by atoms with van der Waals surface area (Å²) in [6, 6.07) is 10.4. The Morgan fingerprint density at radius 3 is 2.45 bits per heavy atom. The Kier molecular flexibility index (Phi) is 6.01. The number of aliphatic carboxylic acids is 1. The van der Waals surface area contributed by atoms with Crippen LogP contribution in [0.3, 0.4) is 0 Å². The van der Waals surface area contributed by atoms with Gasteiger partial charge in [0.25, 0.3) is 5.89 Å². The van der Waals surface area contributed by atoms with Crippen molar-refractivity contribution >= 4 is 16.9 Å². The number of benzene rings is 2. The number of halogens is 5. The highest BCUT2D eigenvalue weighted by Crippen LogP contribution is 2.41. The van der Waals surface area contributed by atoms with Crippen molar-refractivity contribution in [3.8, 4) is 39.7 Å². The van der Waals surface area contributed by atoms with Crippen molar-refractivity contribution in [1.29, 1.82) is 0 Å². The lowest BCUT2D eigenvalue weighted by Crippen LogP contribution is -2.17. The topological polar surface area (TPSA) is 114 Å². The molecular weight excluding hydrogens is 539 g/mol. The molecule has 0 saturated heterocycles. The number of H-pyrrole nitrogens is 1. The minimum atomic E-state index is -5.03. The number of nitrogens with one attached hydrogen (secondary N) is 1. The summed E-state index contributed by atoms with van der Waals surface area (Å²) in [6.45, 7) is 0. The zero-order chi connectivity index (χ0) is 28.2. The van der Waals surface area contributed by atoms with E-state index in [-0.39, 0.29) is 40.7 Å². The van der Waals surface area contributed by atoms with E-state index >= 15 is 0 Å². The van der Waals surface area contributed by atoms with Gasteiger partial charge in [-0.05, 0) is 65.9 Å². The number of aromatic amines is 1. The lowest BCUT2D eigenvalue weighted by atomic mass is 10.0. The number of ether oxygens (including phenoxy) is 1. The molecule has 3 heterocycles. The van der Waals surface area contributed by atoms with Gasteiger partial charge >= 0.3 is 12.3 Å². The van der Waals surface area contributed by atoms with Crippen LogP contribution in [0, 0.1) is 11.9 Å². The normalized spacial score (nSPS) is 15.0. The molecule has 0 amide bonds. The molecule has 2 aromatic carbocycles. The van der Waals surface area contributed by atoms with Gasteiger partial charge in [-0.25, -0.2) is 0 Å². The minimum Gasteiger partial charge on any atom is -0.481 e. The number of hydrogen-bond acceptors (Lipinski definition) is 6. The predicted molar refractivity (Wildman–Crippen MR) is 130 cm³/mol. The fraction of sp³-hybridized carbons (Fsp3) is 0.185. The molecule has 1 atom stereocenters. The molecule has 0 spiro atoms. The van der Waals surface area contributed by atoms with Gasteiger partial charge in [0.05, 0.1) is 6.42 Å². The average Bonchev–Trinajstić information content (AvgIpc) is 3.58. The summed E-state index contributed by atoms with van der Waals surface area (Å²) in [5.41, 5.74) is 3.24. The number of aromatic nitrogens is 4. The molecule has 40 heavy (non-hydrogen) atoms. The van der Waals surface area contributed by atoms with E-state index in [1.165, 1.54) is 6.07 Å². The largest absolute Gasteiger partial charge is 0.573 e. The van der Waals surface area contributed by atoms with Crippen LogP contribution in [0.4, 0.5) is 22.0 Å². The van der Waals surface area contributed by atoms with E-state index in [1.807, 2.05) is 6.07 Å². The zero-order valence-electron chi connectivity index (χ0n) is 20.2. The first-order valence-corrected chi connectivity index (χ1v) is 12.0. The van der Waals surface area contributed by atoms with Crippen molar-refractivity contribution in [1.82, 2.24) is 20.1 Å². The molecule has 6 rings (SSSR count). The predicted octanol–water partition coefficient (Wildman–Crippen LogP) is 6.63. The van der Waals surface area contributed by atoms with Crippen molar-refractivity contribution in [2.45, 2.75) is 31.5 Å². The van der Waals surface area contributed by atoms with Crippen LogP contribution >= 0.6 is 0 Å². The molecule has 3 aromatic heterocycles. The lowest BCUT2D eigenvalue weighted by molar-refractivity contribution is -0.274. The smallest absolute Gasteiger partial charge is 0.481 e. The number of nitrogens with zero attached hydrogens (tertiary/aromatic N) is 3. The highest BCUT2D eigenvalue weighted by Gasteiger charge is 2.32. The monoisotopic (exact) mass is 556 g/mol. The maximum Gasteiger partial charge on any atom is 0.573 e. The fourth-order valence-corrected chi connectivity index (χ4v) is 5.07. The molecule has 0 aliphatic heterocycles. The molecule has 1 aliphatic rings. The molecule has 1 aliphatic carbocycles. The summed E-state index contributed by atoms with van der Waals surface area (Å²) in [4.78, 5) is 21.9. The summed E-state index contributed by atoms with van der Waals surface area (Å²) in [5.74, 6) is -3.94. The molecule has 0 saturated carbocycles. The van der Waals surface area contributed by atoms with Crippen molar-refractivity contribution in [2.24, 2.45) is 0 Å². The Bertz CT molecular complexity index is 1760. The molecule has 13 heteroatoms. The number of aryl methyl sites for hydroxylation is 1. The van der Waals surface area contributed by atoms with E-state index in [9.17, 15) is 31.9 Å². The van der Waals surface area contributed by atoms with Crippen molar-refractivity contribution in [3.05, 3.63) is 71.7 Å². The van der Waals surface area contributed by atoms with Gasteiger partial charge in [0, 0.05) is 45.8 Å². The van der Waals surface area contributed by atoms with Crippen LogP contribution in [-0.2, 0) is 11.2 Å². The molecule has 0 fully saturated rings. The van der Waals surface area contributed by atoms with E-state index in [0.717, 1.165) is 46.4 Å². The number of pyridine rings is 1. The van der Waals surface area contributed by atoms with Gasteiger partial charge in [0.2, 0.25) is 17.7 Å². The van der Waals surface area contributed by atoms with Gasteiger partial charge in [-0.15, -0.1) is 13.2 Å². The Morgan fingerprint density at radius 2 is 1.73 bits per heavy atom. The van der Waals surface area contributed by atoms with Crippen LogP contribution in [0.2, 0.25) is 0 Å². The molecule has 204 valence electrons. The van der Waals surface area contributed by atoms with Crippen molar-refractivity contribution in [2.75, 3.05) is 0 Å². The first-order valence-electron chi connectivity index (χ1n) is 12.0. The number of carboxylic acids is 1. The Balaban J connectivity index is 1.38. The summed E-state index contributed by atoms with van der Waals surface area (Å²) in [6.07, 6.45) is -3.58. The van der Waals surface area contributed by atoms with Crippen molar-refractivity contribution in [3.63, 3.8) is 0 Å². The summed E-state index contributed by atoms with van der Waals surface area (Å²) < 4.78 is 75.9. The Morgan fingerprint density at radius 1 is 1.00 bits per heavy atom. The third kappa shape index (κ3) is 4.97. The van der Waals surface area contributed by atoms with Gasteiger partial charge in [-0.1, -0.05) is 5.16 Å². The first kappa shape index (κ1) is 25.5. The summed E-state index contributed by atoms with van der Waals surface area (Å²) in [7, 11) is 0. The van der Waals surface area contributed by atoms with E-state index < -0.39 is 30.0 Å². The maximum atomic E-state index is 13.7. The van der Waals surface area contributed by atoms with Crippen LogP contribution in [0.25, 0.3) is 44.9 Å². The van der Waals surface area contributed by atoms with Crippen LogP contribution in [0.5, 0.6) is 5.75 Å². The van der Waals surface area contributed by atoms with Crippen LogP contribution < -0.4 is 4.74 Å². The quantitative estimate of drug-likeness (QED) is 0.178. The molecule has 8 nitrogen and oxygen atoms in total. The third-order valence-corrected chi connectivity index (χ3v) is 6.68. The second-order valence-electron chi connectivity index (χ2n) is 9.33. The highest BCUT2D eigenvalue weighted by molar-refractivity contribution is 5.89. The van der Waals surface area contributed by atoms with E-state index in [4.69, 9.17) is 4.52 Å². The molecule has 1 unspecified atom stereocenters. The Labute approximate surface area is 221 Å². The second kappa shape index (κ2) is 9.43. The number of rotatable bonds is 6. The summed E-state index contributed by atoms with van der Waals surface area (Å²) >= 11 is 0. The number of fused-ring (bicyclic) bond motifs is 3. The zero-order valence-corrected chi connectivity index (χ0v) is 20.2. The lowest BCUT2D eigenvalue weighted by Gasteiger charge is -2.12. The molecule has 2 N–H and O–H groups in total. The second-order valence-corrected chi connectivity index (χ2v) is 9.33. The fourth-order valence-electron chi connectivity index (χ4n) is 5.07. The molecular formula is C27H17F5N4O4. The molecule has 0 radical (unpaired) electrons. The van der Waals surface area contributed by atoms with Crippen molar-refractivity contribution < 1.29 is 41.1 Å². The molecule has 5 aromatic rings. The minimum absolute atomic E-state index is 0.00285. The Hall–Kier alpha value is -4.81. The van der Waals surface area contributed by atoms with Crippen LogP contribution in [-0.4, -0.2) is 37.5 Å². The third-order valence-electron chi connectivity index (χ3n) is 6.68. The number of carbonyl (C=O) groups is 1. The maximum absolute atomic E-state index is 13.7. The number of hydrogen-bond donors (Lipinski definition) is 2. The van der Waals surface area contributed by atoms with Gasteiger partial charge in [-0.3, -0.25) is 4.79 Å². The van der Waals surface area contributed by atoms with E-state index in [1.54, 1.807) is 12.1 Å². The van der Waals surface area contributed by atoms with E-state index in [2.05, 4.69) is 24.8 Å². The van der Waals surface area contributed by atoms with Gasteiger partial charge in [-0.2, -0.15) is 18.7 Å². The number of carboxylic acid groups (broad SMARTS) is 1. The van der Waals surface area contributed by atoms with Crippen LogP contribution in [0.1, 0.15) is 30.0 Å². The van der Waals surface area contributed by atoms with Crippen LogP contribution in [0.15, 0.2) is 53.1 Å². The van der Waals surface area contributed by atoms with Gasteiger partial charge in [0.1, 0.15) is 5.75 Å². The standard InChI is InChI=1S/C27H17F5N4O4/c28-21-9-15(10-22(29)34-21)14-5-16(7-17(6-14)39-27(30,31)32)26-35-25(36-40-26)13-2-4-20-19(8-13)18-3-1-12(11-23(37)38)24(18)33-20/h2,4-10,12,33H,1,3,11H2,(H,37,38). The highest BCUT2D eigenvalue weighted by atomic mass is 19.4. The summed E-state index contributed by atoms with van der Waals surface area (Å²) in [5, 5.41) is 14.1. The number of alkyl halides is 3.